The van der Waals surface area contributed by atoms with Crippen LogP contribution in [0.4, 0.5) is 11.5 Å². The Hall–Kier alpha value is -3.75. The Morgan fingerprint density at radius 3 is 2.84 bits per heavy atom. The maximum Gasteiger partial charge on any atom is 0.323 e. The molecule has 0 radical (unpaired) electrons. The normalized spacial score (nSPS) is 11.0. The minimum Gasteiger partial charge on any atom is -0.480 e. The molecule has 1 aromatic carbocycles. The average Bonchev–Trinajstić information content (AvgIpc) is 2.93. The minimum absolute atomic E-state index is 0.105. The second kappa shape index (κ2) is 6.79. The Labute approximate surface area is 141 Å². The zero-order valence-corrected chi connectivity index (χ0v) is 12.9. The number of rotatable bonds is 6. The molecular formula is C16H13N5O4. The van der Waals surface area contributed by atoms with Crippen LogP contribution in [0.15, 0.2) is 53.9 Å². The molecule has 2 aromatic heterocycles. The number of fused-ring (bicyclic) bond motifs is 1. The lowest BCUT2D eigenvalue weighted by Gasteiger charge is -1.99. The summed E-state index contributed by atoms with van der Waals surface area (Å²) in [7, 11) is 0. The van der Waals surface area contributed by atoms with E-state index < -0.39 is 10.9 Å². The Kier molecular flexibility index (Phi) is 4.38. The summed E-state index contributed by atoms with van der Waals surface area (Å²) in [5, 5.41) is 24.5. The van der Waals surface area contributed by atoms with Gasteiger partial charge in [-0.05, 0) is 12.1 Å². The summed E-state index contributed by atoms with van der Waals surface area (Å²) in [6.45, 7) is -0.147. The molecule has 25 heavy (non-hydrogen) atoms. The first-order chi connectivity index (χ1) is 12.0. The van der Waals surface area contributed by atoms with E-state index in [-0.39, 0.29) is 12.2 Å². The highest BCUT2D eigenvalue weighted by atomic mass is 16.6. The van der Waals surface area contributed by atoms with Gasteiger partial charge >= 0.3 is 5.97 Å². The number of hydrogen-bond acceptors (Lipinski definition) is 6. The summed E-state index contributed by atoms with van der Waals surface area (Å²) < 4.78 is 1.63. The Balaban J connectivity index is 1.81. The lowest BCUT2D eigenvalue weighted by molar-refractivity contribution is -0.385. The molecule has 9 nitrogen and oxygen atoms in total. The summed E-state index contributed by atoms with van der Waals surface area (Å²) in [6, 6.07) is 10.2. The summed E-state index contributed by atoms with van der Waals surface area (Å²) in [6.07, 6.45) is 4.38. The van der Waals surface area contributed by atoms with Gasteiger partial charge in [-0.2, -0.15) is 5.10 Å². The van der Waals surface area contributed by atoms with Gasteiger partial charge in [-0.1, -0.05) is 18.2 Å². The van der Waals surface area contributed by atoms with Crippen molar-refractivity contribution in [1.82, 2.24) is 9.55 Å². The molecule has 2 N–H and O–H groups in total. The molecule has 0 amide bonds. The van der Waals surface area contributed by atoms with E-state index in [0.29, 0.717) is 5.82 Å². The molecule has 0 aliphatic heterocycles. The van der Waals surface area contributed by atoms with Crippen molar-refractivity contribution in [2.45, 2.75) is 6.54 Å². The van der Waals surface area contributed by atoms with E-state index >= 15 is 0 Å². The van der Waals surface area contributed by atoms with E-state index in [0.717, 1.165) is 22.7 Å². The number of carbonyl (C=O) groups is 1. The molecule has 0 aliphatic carbocycles. The predicted octanol–water partition coefficient (Wildman–Crippen LogP) is 2.48. The largest absolute Gasteiger partial charge is 0.480 e. The van der Waals surface area contributed by atoms with Crippen molar-refractivity contribution in [2.75, 3.05) is 5.43 Å². The van der Waals surface area contributed by atoms with Crippen LogP contribution in [0.1, 0.15) is 5.56 Å². The highest BCUT2D eigenvalue weighted by molar-refractivity contribution is 5.99. The molecule has 0 bridgehead atoms. The number of nitrogens with zero attached hydrogens (tertiary/aromatic N) is 4. The van der Waals surface area contributed by atoms with Gasteiger partial charge in [0, 0.05) is 28.7 Å². The van der Waals surface area contributed by atoms with Crippen molar-refractivity contribution < 1.29 is 14.8 Å². The summed E-state index contributed by atoms with van der Waals surface area (Å²) >= 11 is 0. The minimum atomic E-state index is -0.933. The first-order valence-electron chi connectivity index (χ1n) is 7.24. The van der Waals surface area contributed by atoms with Gasteiger partial charge < -0.3 is 9.67 Å². The number of nitro groups is 1. The standard InChI is InChI=1S/C16H13N5O4/c22-16(23)10-20-9-11(13-3-1-2-4-14(13)20)7-18-19-15-6-5-12(8-17-15)21(24)25/h1-9H,10H2,(H,17,19)(H,22,23)/b18-7+. The number of benzene rings is 1. The van der Waals surface area contributed by atoms with Crippen molar-refractivity contribution in [3.05, 3.63) is 64.5 Å². The van der Waals surface area contributed by atoms with Crippen LogP contribution in [0, 0.1) is 10.1 Å². The second-order valence-electron chi connectivity index (χ2n) is 5.15. The predicted molar refractivity (Wildman–Crippen MR) is 91.7 cm³/mol. The number of anilines is 1. The Morgan fingerprint density at radius 2 is 2.16 bits per heavy atom. The van der Waals surface area contributed by atoms with Crippen LogP contribution in [0.3, 0.4) is 0 Å². The van der Waals surface area contributed by atoms with E-state index in [4.69, 9.17) is 5.11 Å². The zero-order chi connectivity index (χ0) is 17.8. The van der Waals surface area contributed by atoms with Crippen LogP contribution in [-0.2, 0) is 11.3 Å². The van der Waals surface area contributed by atoms with Crippen molar-refractivity contribution in [1.29, 1.82) is 0 Å². The molecule has 0 saturated heterocycles. The van der Waals surface area contributed by atoms with Gasteiger partial charge in [0.15, 0.2) is 0 Å². The third kappa shape index (κ3) is 3.61. The van der Waals surface area contributed by atoms with E-state index in [1.165, 1.54) is 12.1 Å². The highest BCUT2D eigenvalue weighted by Crippen LogP contribution is 2.20. The van der Waals surface area contributed by atoms with Gasteiger partial charge in [0.25, 0.3) is 5.69 Å². The van der Waals surface area contributed by atoms with Crippen LogP contribution in [0.5, 0.6) is 0 Å². The third-order valence-corrected chi connectivity index (χ3v) is 3.47. The molecular weight excluding hydrogens is 326 g/mol. The molecule has 3 rings (SSSR count). The second-order valence-corrected chi connectivity index (χ2v) is 5.15. The maximum absolute atomic E-state index is 11.0. The first kappa shape index (κ1) is 16.1. The smallest absolute Gasteiger partial charge is 0.323 e. The number of carboxylic acids is 1. The number of aromatic nitrogens is 2. The summed E-state index contributed by atoms with van der Waals surface area (Å²) in [5.41, 5.74) is 4.11. The number of hydrogen-bond donors (Lipinski definition) is 2. The first-order valence-corrected chi connectivity index (χ1v) is 7.24. The number of aliphatic carboxylic acids is 1. The average molecular weight is 339 g/mol. The third-order valence-electron chi connectivity index (χ3n) is 3.47. The fourth-order valence-corrected chi connectivity index (χ4v) is 2.38. The Bertz CT molecular complexity index is 962. The molecule has 0 spiro atoms. The SMILES string of the molecule is O=C(O)Cn1cc(/C=N/Nc2ccc([N+](=O)[O-])cn2)c2ccccc21. The van der Waals surface area contributed by atoms with Gasteiger partial charge in [0.05, 0.1) is 11.1 Å². The maximum atomic E-state index is 11.0. The van der Waals surface area contributed by atoms with E-state index in [2.05, 4.69) is 15.5 Å². The number of carboxylic acid groups (broad SMARTS) is 1. The lowest BCUT2D eigenvalue weighted by atomic mass is 10.2. The quantitative estimate of drug-likeness (QED) is 0.404. The topological polar surface area (TPSA) is 123 Å². The van der Waals surface area contributed by atoms with Crippen LogP contribution in [0.2, 0.25) is 0 Å². The van der Waals surface area contributed by atoms with Gasteiger partial charge in [-0.3, -0.25) is 20.3 Å². The number of para-hydroxylation sites is 1. The van der Waals surface area contributed by atoms with Gasteiger partial charge in [0.1, 0.15) is 18.6 Å². The molecule has 3 aromatic rings. The van der Waals surface area contributed by atoms with Crippen LogP contribution in [-0.4, -0.2) is 31.8 Å². The molecule has 2 heterocycles. The fraction of sp³-hybridized carbons (Fsp3) is 0.0625. The molecule has 0 atom stereocenters. The van der Waals surface area contributed by atoms with Crippen LogP contribution in [0.25, 0.3) is 10.9 Å². The molecule has 0 unspecified atom stereocenters. The molecule has 126 valence electrons. The van der Waals surface area contributed by atoms with Crippen molar-refractivity contribution >= 4 is 34.6 Å². The van der Waals surface area contributed by atoms with Gasteiger partial charge in [-0.15, -0.1) is 0 Å². The molecule has 0 saturated carbocycles. The number of hydrazone groups is 1. The molecule has 9 heteroatoms. The monoisotopic (exact) mass is 339 g/mol. The van der Waals surface area contributed by atoms with Crippen molar-refractivity contribution in [3.63, 3.8) is 0 Å². The highest BCUT2D eigenvalue weighted by Gasteiger charge is 2.09. The van der Waals surface area contributed by atoms with Crippen LogP contribution < -0.4 is 5.43 Å². The van der Waals surface area contributed by atoms with Crippen LogP contribution >= 0.6 is 0 Å². The van der Waals surface area contributed by atoms with Gasteiger partial charge in [-0.25, -0.2) is 4.98 Å². The zero-order valence-electron chi connectivity index (χ0n) is 12.9. The summed E-state index contributed by atoms with van der Waals surface area (Å²) in [4.78, 5) is 24.9. The van der Waals surface area contributed by atoms with Gasteiger partial charge in [0.2, 0.25) is 0 Å². The van der Waals surface area contributed by atoms with Crippen molar-refractivity contribution in [2.24, 2.45) is 5.10 Å². The van der Waals surface area contributed by atoms with E-state index in [9.17, 15) is 14.9 Å². The van der Waals surface area contributed by atoms with Crippen molar-refractivity contribution in [3.8, 4) is 0 Å². The fourth-order valence-electron chi connectivity index (χ4n) is 2.38. The lowest BCUT2D eigenvalue weighted by Crippen LogP contribution is -2.07. The van der Waals surface area contributed by atoms with E-state index in [1.807, 2.05) is 24.3 Å². The summed E-state index contributed by atoms with van der Waals surface area (Å²) in [5.74, 6) is -0.575. The molecule has 0 aliphatic rings. The Morgan fingerprint density at radius 1 is 1.36 bits per heavy atom. The number of nitrogens with one attached hydrogen (secondary N) is 1. The number of pyridine rings is 1. The van der Waals surface area contributed by atoms with E-state index in [1.54, 1.807) is 17.0 Å². The molecule has 0 fully saturated rings.